The van der Waals surface area contributed by atoms with Gasteiger partial charge in [0.2, 0.25) is 0 Å². The number of aromatic nitrogens is 4. The van der Waals surface area contributed by atoms with Gasteiger partial charge in [-0.3, -0.25) is 0 Å². The van der Waals surface area contributed by atoms with Crippen molar-refractivity contribution in [1.82, 2.24) is 20.6 Å². The minimum Gasteiger partial charge on any atom is -0.478 e. The second kappa shape index (κ2) is 10.4. The van der Waals surface area contributed by atoms with Crippen molar-refractivity contribution in [2.24, 2.45) is 0 Å². The number of tetrazole rings is 1. The summed E-state index contributed by atoms with van der Waals surface area (Å²) < 4.78 is 0. The number of rotatable bonds is 8. The van der Waals surface area contributed by atoms with Crippen molar-refractivity contribution in [3.8, 4) is 22.5 Å². The molecule has 8 heteroatoms. The first-order valence-corrected chi connectivity index (χ1v) is 11.7. The van der Waals surface area contributed by atoms with E-state index in [0.717, 1.165) is 33.5 Å². The Morgan fingerprint density at radius 2 is 1.50 bits per heavy atom. The topological polar surface area (TPSA) is 95.0 Å². The quantitative estimate of drug-likeness (QED) is 0.270. The van der Waals surface area contributed by atoms with Crippen LogP contribution in [0.1, 0.15) is 21.5 Å². The first-order chi connectivity index (χ1) is 17.6. The standard InChI is InChI=1S/C28H22ClN5O2/c29-23-14-10-20(11-15-23)18-34(24-5-3-4-22(16-24)28(35)36)17-19-8-12-21(13-9-19)25-6-1-2-7-26(25)27-30-32-33-31-27/h1-16H,17-18H2,(H,35,36)(H,30,31,32,33). The van der Waals surface area contributed by atoms with Gasteiger partial charge in [0.25, 0.3) is 0 Å². The molecule has 0 atom stereocenters. The first-order valence-electron chi connectivity index (χ1n) is 11.3. The predicted octanol–water partition coefficient (Wildman–Crippen LogP) is 6.09. The fourth-order valence-corrected chi connectivity index (χ4v) is 4.24. The van der Waals surface area contributed by atoms with Crippen molar-refractivity contribution in [3.63, 3.8) is 0 Å². The van der Waals surface area contributed by atoms with E-state index in [-0.39, 0.29) is 5.56 Å². The molecule has 0 aliphatic rings. The third-order valence-corrected chi connectivity index (χ3v) is 6.16. The number of halogens is 1. The van der Waals surface area contributed by atoms with Crippen molar-refractivity contribution in [1.29, 1.82) is 0 Å². The van der Waals surface area contributed by atoms with Gasteiger partial charge in [-0.15, -0.1) is 5.10 Å². The molecule has 0 aliphatic heterocycles. The molecule has 0 saturated heterocycles. The zero-order chi connectivity index (χ0) is 24.9. The highest BCUT2D eigenvalue weighted by atomic mass is 35.5. The molecular formula is C28H22ClN5O2. The van der Waals surface area contributed by atoms with Gasteiger partial charge in [-0.05, 0) is 63.0 Å². The van der Waals surface area contributed by atoms with E-state index in [1.165, 1.54) is 0 Å². The molecule has 5 rings (SSSR count). The van der Waals surface area contributed by atoms with E-state index in [9.17, 15) is 9.90 Å². The number of anilines is 1. The molecule has 5 aromatic rings. The van der Waals surface area contributed by atoms with Gasteiger partial charge in [0, 0.05) is 29.4 Å². The van der Waals surface area contributed by atoms with Gasteiger partial charge in [-0.25, -0.2) is 9.89 Å². The molecule has 4 aromatic carbocycles. The van der Waals surface area contributed by atoms with Crippen LogP contribution in [0.4, 0.5) is 5.69 Å². The van der Waals surface area contributed by atoms with E-state index < -0.39 is 5.97 Å². The maximum absolute atomic E-state index is 11.6. The molecular weight excluding hydrogens is 474 g/mol. The lowest BCUT2D eigenvalue weighted by Gasteiger charge is -2.26. The van der Waals surface area contributed by atoms with Crippen LogP contribution in [0.5, 0.6) is 0 Å². The molecule has 0 radical (unpaired) electrons. The fraction of sp³-hybridized carbons (Fsp3) is 0.0714. The highest BCUT2D eigenvalue weighted by Gasteiger charge is 2.13. The number of benzene rings is 4. The molecule has 0 saturated carbocycles. The average molecular weight is 496 g/mol. The number of hydrogen-bond donors (Lipinski definition) is 2. The summed E-state index contributed by atoms with van der Waals surface area (Å²) in [5.74, 6) is -0.338. The summed E-state index contributed by atoms with van der Waals surface area (Å²) in [6.07, 6.45) is 0. The average Bonchev–Trinajstić information content (AvgIpc) is 3.45. The Morgan fingerprint density at radius 3 is 2.14 bits per heavy atom. The molecule has 7 nitrogen and oxygen atoms in total. The molecule has 0 aliphatic carbocycles. The highest BCUT2D eigenvalue weighted by Crippen LogP contribution is 2.30. The maximum atomic E-state index is 11.6. The zero-order valence-corrected chi connectivity index (χ0v) is 19.9. The van der Waals surface area contributed by atoms with Crippen LogP contribution in [0.2, 0.25) is 5.02 Å². The monoisotopic (exact) mass is 495 g/mol. The lowest BCUT2D eigenvalue weighted by molar-refractivity contribution is 0.0697. The van der Waals surface area contributed by atoms with Crippen LogP contribution in [-0.2, 0) is 13.1 Å². The lowest BCUT2D eigenvalue weighted by atomic mass is 9.98. The molecule has 0 unspecified atom stereocenters. The predicted molar refractivity (Wildman–Crippen MR) is 140 cm³/mol. The van der Waals surface area contributed by atoms with Crippen molar-refractivity contribution in [3.05, 3.63) is 119 Å². The smallest absolute Gasteiger partial charge is 0.335 e. The Balaban J connectivity index is 1.44. The number of hydrogen-bond acceptors (Lipinski definition) is 5. The molecule has 2 N–H and O–H groups in total. The summed E-state index contributed by atoms with van der Waals surface area (Å²) in [5.41, 5.74) is 6.24. The SMILES string of the molecule is O=C(O)c1cccc(N(Cc2ccc(Cl)cc2)Cc2ccc(-c3ccccc3-c3nnn[nH]3)cc2)c1. The van der Waals surface area contributed by atoms with E-state index in [0.29, 0.717) is 23.9 Å². The van der Waals surface area contributed by atoms with Gasteiger partial charge in [0.1, 0.15) is 0 Å². The number of carboxylic acid groups (broad SMARTS) is 1. The Kier molecular flexibility index (Phi) is 6.73. The Morgan fingerprint density at radius 1 is 0.833 bits per heavy atom. The van der Waals surface area contributed by atoms with Gasteiger partial charge in [-0.1, -0.05) is 78.3 Å². The van der Waals surface area contributed by atoms with Gasteiger partial charge < -0.3 is 10.0 Å². The molecule has 0 spiro atoms. The zero-order valence-electron chi connectivity index (χ0n) is 19.2. The molecule has 0 amide bonds. The number of aromatic amines is 1. The number of aromatic carboxylic acids is 1. The number of carbonyl (C=O) groups is 1. The molecule has 1 heterocycles. The van der Waals surface area contributed by atoms with Crippen LogP contribution < -0.4 is 4.90 Å². The molecule has 178 valence electrons. The fourth-order valence-electron chi connectivity index (χ4n) is 4.11. The van der Waals surface area contributed by atoms with Gasteiger partial charge in [0.15, 0.2) is 5.82 Å². The minimum absolute atomic E-state index is 0.252. The normalized spacial score (nSPS) is 10.8. The number of carboxylic acids is 1. The number of nitrogens with one attached hydrogen (secondary N) is 1. The van der Waals surface area contributed by atoms with E-state index in [2.05, 4.69) is 49.8 Å². The molecule has 36 heavy (non-hydrogen) atoms. The second-order valence-electron chi connectivity index (χ2n) is 8.33. The second-order valence-corrected chi connectivity index (χ2v) is 8.77. The van der Waals surface area contributed by atoms with Gasteiger partial charge in [0.05, 0.1) is 5.56 Å². The summed E-state index contributed by atoms with van der Waals surface area (Å²) in [4.78, 5) is 13.7. The number of H-pyrrole nitrogens is 1. The van der Waals surface area contributed by atoms with E-state index in [4.69, 9.17) is 11.6 Å². The van der Waals surface area contributed by atoms with E-state index in [1.807, 2.05) is 54.6 Å². The van der Waals surface area contributed by atoms with Crippen molar-refractivity contribution < 1.29 is 9.90 Å². The van der Waals surface area contributed by atoms with Crippen LogP contribution in [0, 0.1) is 0 Å². The van der Waals surface area contributed by atoms with Gasteiger partial charge >= 0.3 is 5.97 Å². The number of nitrogens with zero attached hydrogens (tertiary/aromatic N) is 4. The highest BCUT2D eigenvalue weighted by molar-refractivity contribution is 6.30. The van der Waals surface area contributed by atoms with Crippen molar-refractivity contribution in [2.75, 3.05) is 4.90 Å². The summed E-state index contributed by atoms with van der Waals surface area (Å²) in [5, 5.41) is 24.4. The Bertz CT molecular complexity index is 1470. The molecule has 0 bridgehead atoms. The summed E-state index contributed by atoms with van der Waals surface area (Å²) >= 11 is 6.07. The molecule has 0 fully saturated rings. The van der Waals surface area contributed by atoms with Crippen LogP contribution in [0.15, 0.2) is 97.1 Å². The minimum atomic E-state index is -0.951. The van der Waals surface area contributed by atoms with Crippen LogP contribution >= 0.6 is 11.6 Å². The van der Waals surface area contributed by atoms with Crippen molar-refractivity contribution >= 4 is 23.3 Å². The first kappa shape index (κ1) is 23.3. The van der Waals surface area contributed by atoms with Crippen LogP contribution in [0.3, 0.4) is 0 Å². The van der Waals surface area contributed by atoms with Crippen LogP contribution in [0.25, 0.3) is 22.5 Å². The Hall–Kier alpha value is -4.49. The lowest BCUT2D eigenvalue weighted by Crippen LogP contribution is -2.22. The van der Waals surface area contributed by atoms with E-state index >= 15 is 0 Å². The maximum Gasteiger partial charge on any atom is 0.335 e. The van der Waals surface area contributed by atoms with Gasteiger partial charge in [-0.2, -0.15) is 0 Å². The summed E-state index contributed by atoms with van der Waals surface area (Å²) in [6, 6.07) is 31.0. The Labute approximate surface area is 213 Å². The summed E-state index contributed by atoms with van der Waals surface area (Å²) in [7, 11) is 0. The van der Waals surface area contributed by atoms with E-state index in [1.54, 1.807) is 18.2 Å². The van der Waals surface area contributed by atoms with Crippen LogP contribution in [-0.4, -0.2) is 31.7 Å². The molecule has 1 aromatic heterocycles. The largest absolute Gasteiger partial charge is 0.478 e. The summed E-state index contributed by atoms with van der Waals surface area (Å²) in [6.45, 7) is 1.20. The third-order valence-electron chi connectivity index (χ3n) is 5.91. The third kappa shape index (κ3) is 5.26. The van der Waals surface area contributed by atoms with Crippen molar-refractivity contribution in [2.45, 2.75) is 13.1 Å².